The van der Waals surface area contributed by atoms with Gasteiger partial charge < -0.3 is 11.1 Å². The Morgan fingerprint density at radius 3 is 2.26 bits per heavy atom. The minimum absolute atomic E-state index is 0. The van der Waals surface area contributed by atoms with E-state index in [-0.39, 0.29) is 34.5 Å². The second-order valence-electron chi connectivity index (χ2n) is 6.15. The molecular weight excluding hydrogens is 406 g/mol. The number of anilines is 1. The van der Waals surface area contributed by atoms with Gasteiger partial charge in [0.25, 0.3) is 10.0 Å². The Hall–Kier alpha value is -1.61. The maximum Gasteiger partial charge on any atom is 0.271 e. The van der Waals surface area contributed by atoms with Crippen LogP contribution in [0.25, 0.3) is 0 Å². The van der Waals surface area contributed by atoms with E-state index in [9.17, 15) is 13.2 Å². The Labute approximate surface area is 171 Å². The maximum absolute atomic E-state index is 12.3. The molecule has 0 aliphatic rings. The van der Waals surface area contributed by atoms with Crippen molar-refractivity contribution in [2.45, 2.75) is 42.9 Å². The highest BCUT2D eigenvalue weighted by molar-refractivity contribution is 7.94. The van der Waals surface area contributed by atoms with E-state index in [0.29, 0.717) is 12.2 Å². The van der Waals surface area contributed by atoms with Gasteiger partial charge in [-0.25, -0.2) is 8.42 Å². The summed E-state index contributed by atoms with van der Waals surface area (Å²) in [5, 5.41) is 4.74. The van der Waals surface area contributed by atoms with Gasteiger partial charge in [-0.05, 0) is 42.0 Å². The van der Waals surface area contributed by atoms with Crippen LogP contribution in [0.4, 0.5) is 5.69 Å². The number of hydrogen-bond donors (Lipinski definition) is 3. The smallest absolute Gasteiger partial charge is 0.271 e. The van der Waals surface area contributed by atoms with E-state index in [0.717, 1.165) is 29.7 Å². The number of rotatable bonds is 9. The lowest BCUT2D eigenvalue weighted by molar-refractivity contribution is -0.122. The van der Waals surface area contributed by atoms with Crippen LogP contribution in [0, 0.1) is 0 Å². The van der Waals surface area contributed by atoms with Gasteiger partial charge in [-0.3, -0.25) is 9.52 Å². The lowest BCUT2D eigenvalue weighted by Gasteiger charge is -2.31. The van der Waals surface area contributed by atoms with E-state index >= 15 is 0 Å². The number of sulfonamides is 1. The van der Waals surface area contributed by atoms with Crippen molar-refractivity contribution < 1.29 is 13.2 Å². The molecule has 27 heavy (non-hydrogen) atoms. The minimum atomic E-state index is -3.56. The summed E-state index contributed by atoms with van der Waals surface area (Å²) in [5.74, 6) is -0.0916. The molecule has 2 aromatic rings. The van der Waals surface area contributed by atoms with Crippen molar-refractivity contribution in [1.29, 1.82) is 0 Å². The number of nitrogens with one attached hydrogen (secondary N) is 2. The van der Waals surface area contributed by atoms with Gasteiger partial charge >= 0.3 is 0 Å². The van der Waals surface area contributed by atoms with Crippen LogP contribution in [-0.4, -0.2) is 26.4 Å². The van der Waals surface area contributed by atoms with E-state index in [1.165, 1.54) is 0 Å². The fraction of sp³-hybridized carbons (Fsp3) is 0.389. The number of benzene rings is 1. The number of hydrogen-bond acceptors (Lipinski definition) is 5. The summed E-state index contributed by atoms with van der Waals surface area (Å²) in [6, 6.07) is 10.0. The monoisotopic (exact) mass is 431 g/mol. The van der Waals surface area contributed by atoms with Gasteiger partial charge in [-0.1, -0.05) is 32.0 Å². The number of thiophene rings is 1. The van der Waals surface area contributed by atoms with E-state index in [1.54, 1.807) is 41.8 Å². The molecule has 0 atom stereocenters. The number of halogens is 1. The number of carbonyl (C=O) groups is 1. The Morgan fingerprint density at radius 1 is 1.15 bits per heavy atom. The predicted molar refractivity (Wildman–Crippen MR) is 113 cm³/mol. The molecule has 2 rings (SSSR count). The van der Waals surface area contributed by atoms with Crippen molar-refractivity contribution in [1.82, 2.24) is 5.32 Å². The van der Waals surface area contributed by atoms with Crippen LogP contribution in [0.1, 0.15) is 32.3 Å². The summed E-state index contributed by atoms with van der Waals surface area (Å²) in [4.78, 5) is 12.3. The van der Waals surface area contributed by atoms with Crippen LogP contribution < -0.4 is 15.8 Å². The second kappa shape index (κ2) is 10.1. The molecular formula is C18H26ClN3O3S2. The van der Waals surface area contributed by atoms with E-state index in [2.05, 4.69) is 10.0 Å². The van der Waals surface area contributed by atoms with E-state index in [4.69, 9.17) is 5.73 Å². The lowest BCUT2D eigenvalue weighted by atomic mass is 9.92. The van der Waals surface area contributed by atoms with Crippen molar-refractivity contribution >= 4 is 45.4 Å². The molecule has 0 unspecified atom stereocenters. The molecule has 0 bridgehead atoms. The van der Waals surface area contributed by atoms with Crippen LogP contribution in [0.2, 0.25) is 0 Å². The summed E-state index contributed by atoms with van der Waals surface area (Å²) in [7, 11) is -3.56. The molecule has 0 saturated carbocycles. The van der Waals surface area contributed by atoms with Crippen molar-refractivity contribution in [3.05, 3.63) is 47.3 Å². The minimum Gasteiger partial charge on any atom is -0.349 e. The predicted octanol–water partition coefficient (Wildman–Crippen LogP) is 3.15. The summed E-state index contributed by atoms with van der Waals surface area (Å²) in [6.07, 6.45) is 1.77. The molecule has 150 valence electrons. The van der Waals surface area contributed by atoms with E-state index < -0.39 is 10.0 Å². The molecule has 0 aliphatic carbocycles. The molecule has 0 aliphatic heterocycles. The maximum atomic E-state index is 12.3. The third kappa shape index (κ3) is 6.21. The lowest BCUT2D eigenvalue weighted by Crippen LogP contribution is -2.53. The molecule has 9 heteroatoms. The molecule has 0 saturated heterocycles. The number of nitrogens with two attached hydrogens (primary N) is 1. The highest BCUT2D eigenvalue weighted by Crippen LogP contribution is 2.20. The molecule has 1 amide bonds. The van der Waals surface area contributed by atoms with Gasteiger partial charge in [0.1, 0.15) is 4.21 Å². The molecule has 4 N–H and O–H groups in total. The quantitative estimate of drug-likeness (QED) is 0.567. The zero-order chi connectivity index (χ0) is 19.2. The third-order valence-corrected chi connectivity index (χ3v) is 7.26. The topological polar surface area (TPSA) is 101 Å². The first-order valence-corrected chi connectivity index (χ1v) is 10.9. The summed E-state index contributed by atoms with van der Waals surface area (Å²) < 4.78 is 27.2. The summed E-state index contributed by atoms with van der Waals surface area (Å²) in [5.41, 5.74) is 6.71. The Morgan fingerprint density at radius 2 is 1.78 bits per heavy atom. The van der Waals surface area contributed by atoms with Crippen molar-refractivity contribution in [3.63, 3.8) is 0 Å². The van der Waals surface area contributed by atoms with Crippen LogP contribution in [0.15, 0.2) is 46.0 Å². The Balaban J connectivity index is 0.00000364. The highest BCUT2D eigenvalue weighted by atomic mass is 35.5. The van der Waals surface area contributed by atoms with Crippen LogP contribution in [0.5, 0.6) is 0 Å². The Bertz CT molecular complexity index is 810. The average Bonchev–Trinajstić information content (AvgIpc) is 3.17. The number of amides is 1. The second-order valence-corrected chi connectivity index (χ2v) is 9.01. The third-order valence-electron chi connectivity index (χ3n) is 4.48. The zero-order valence-electron chi connectivity index (χ0n) is 15.4. The van der Waals surface area contributed by atoms with Crippen molar-refractivity contribution in [2.24, 2.45) is 5.73 Å². The first kappa shape index (κ1) is 23.4. The summed E-state index contributed by atoms with van der Waals surface area (Å²) >= 11 is 1.16. The van der Waals surface area contributed by atoms with E-state index in [1.807, 2.05) is 13.8 Å². The molecule has 0 radical (unpaired) electrons. The van der Waals surface area contributed by atoms with Gasteiger partial charge in [0.2, 0.25) is 5.91 Å². The first-order chi connectivity index (χ1) is 12.3. The number of carbonyl (C=O) groups excluding carboxylic acids is 1. The normalized spacial score (nSPS) is 11.5. The van der Waals surface area contributed by atoms with Gasteiger partial charge in [0, 0.05) is 12.2 Å². The molecule has 1 aromatic carbocycles. The van der Waals surface area contributed by atoms with Gasteiger partial charge in [0.15, 0.2) is 0 Å². The first-order valence-electron chi connectivity index (χ1n) is 8.50. The van der Waals surface area contributed by atoms with Crippen molar-refractivity contribution in [2.75, 3.05) is 11.3 Å². The molecule has 6 nitrogen and oxygen atoms in total. The van der Waals surface area contributed by atoms with Gasteiger partial charge in [0.05, 0.1) is 12.0 Å². The zero-order valence-corrected chi connectivity index (χ0v) is 17.8. The average molecular weight is 432 g/mol. The van der Waals surface area contributed by atoms with Crippen LogP contribution >= 0.6 is 23.7 Å². The van der Waals surface area contributed by atoms with Gasteiger partial charge in [-0.15, -0.1) is 23.7 Å². The summed E-state index contributed by atoms with van der Waals surface area (Å²) in [6.45, 7) is 4.41. The molecule has 0 spiro atoms. The SMILES string of the molecule is CCC(CC)(CN)NC(=O)Cc1ccc(NS(=O)(=O)c2cccs2)cc1.Cl. The van der Waals surface area contributed by atoms with Gasteiger partial charge in [-0.2, -0.15) is 0 Å². The molecule has 0 fully saturated rings. The highest BCUT2D eigenvalue weighted by Gasteiger charge is 2.26. The largest absolute Gasteiger partial charge is 0.349 e. The molecule has 1 aromatic heterocycles. The fourth-order valence-electron chi connectivity index (χ4n) is 2.60. The van der Waals surface area contributed by atoms with Crippen LogP contribution in [0.3, 0.4) is 0 Å². The van der Waals surface area contributed by atoms with Crippen LogP contribution in [-0.2, 0) is 21.2 Å². The van der Waals surface area contributed by atoms with Crippen molar-refractivity contribution in [3.8, 4) is 0 Å². The fourth-order valence-corrected chi connectivity index (χ4v) is 4.66. The Kier molecular flexibility index (Phi) is 8.74. The molecule has 1 heterocycles. The standard InChI is InChI=1S/C18H25N3O3S2.ClH/c1-3-18(4-2,13-19)20-16(22)12-14-7-9-15(10-8-14)21-26(23,24)17-6-5-11-25-17;/h5-11,21H,3-4,12-13,19H2,1-2H3,(H,20,22);1H.